The van der Waals surface area contributed by atoms with Crippen LogP contribution in [0.5, 0.6) is 0 Å². The van der Waals surface area contributed by atoms with Crippen molar-refractivity contribution < 1.29 is 4.79 Å². The highest BCUT2D eigenvalue weighted by atomic mass is 35.5. The van der Waals surface area contributed by atoms with Crippen LogP contribution < -0.4 is 0 Å². The number of carbonyl (C=O) groups excluding carboxylic acids is 1. The number of halogens is 4. The molecule has 88 valence electrons. The number of benzene rings is 1. The Kier molecular flexibility index (Phi) is 4.01. The molecule has 0 saturated heterocycles. The molecular weight excluding hydrogens is 322 g/mol. The lowest BCUT2D eigenvalue weighted by molar-refractivity contribution is 0.103. The Balaban J connectivity index is 2.61. The van der Waals surface area contributed by atoms with Crippen molar-refractivity contribution in [3.05, 3.63) is 54.1 Å². The van der Waals surface area contributed by atoms with E-state index in [0.717, 1.165) is 0 Å². The van der Waals surface area contributed by atoms with E-state index >= 15 is 0 Å². The molecule has 0 atom stereocenters. The molecule has 0 bridgehead atoms. The van der Waals surface area contributed by atoms with Gasteiger partial charge in [-0.25, -0.2) is 0 Å². The van der Waals surface area contributed by atoms with Gasteiger partial charge in [0.2, 0.25) is 0 Å². The van der Waals surface area contributed by atoms with Crippen molar-refractivity contribution in [1.82, 2.24) is 0 Å². The van der Waals surface area contributed by atoms with Gasteiger partial charge in [0.1, 0.15) is 0 Å². The topological polar surface area (TPSA) is 17.1 Å². The van der Waals surface area contributed by atoms with Crippen LogP contribution in [-0.4, -0.2) is 5.78 Å². The van der Waals surface area contributed by atoms with E-state index in [2.05, 4.69) is 0 Å². The van der Waals surface area contributed by atoms with Crippen molar-refractivity contribution in [3.63, 3.8) is 0 Å². The Morgan fingerprint density at radius 1 is 1.06 bits per heavy atom. The largest absolute Gasteiger partial charge is 0.288 e. The molecule has 1 heterocycles. The minimum absolute atomic E-state index is 0.0837. The molecule has 0 aliphatic carbocycles. The Bertz CT molecular complexity index is 578. The molecule has 0 saturated carbocycles. The summed E-state index contributed by atoms with van der Waals surface area (Å²) in [6.07, 6.45) is 0. The molecule has 2 aromatic rings. The zero-order chi connectivity index (χ0) is 12.6. The van der Waals surface area contributed by atoms with E-state index in [9.17, 15) is 4.79 Å². The first-order valence-corrected chi connectivity index (χ1v) is 6.87. The van der Waals surface area contributed by atoms with E-state index < -0.39 is 0 Å². The fourth-order valence-electron chi connectivity index (χ4n) is 1.31. The van der Waals surface area contributed by atoms with E-state index in [1.807, 2.05) is 0 Å². The van der Waals surface area contributed by atoms with Gasteiger partial charge in [-0.1, -0.05) is 46.4 Å². The number of hydrogen-bond acceptors (Lipinski definition) is 2. The number of ketones is 1. The number of rotatable bonds is 2. The summed E-state index contributed by atoms with van der Waals surface area (Å²) in [5.41, 5.74) is 0.707. The fraction of sp³-hybridized carbons (Fsp3) is 0. The summed E-state index contributed by atoms with van der Waals surface area (Å²) >= 11 is 25.1. The van der Waals surface area contributed by atoms with Crippen LogP contribution in [0.4, 0.5) is 0 Å². The Labute approximate surface area is 122 Å². The average molecular weight is 326 g/mol. The molecule has 0 radical (unpaired) electrons. The highest BCUT2D eigenvalue weighted by molar-refractivity contribution is 7.08. The highest BCUT2D eigenvalue weighted by Crippen LogP contribution is 2.38. The van der Waals surface area contributed by atoms with E-state index in [1.54, 1.807) is 16.8 Å². The molecule has 0 unspecified atom stereocenters. The summed E-state index contributed by atoms with van der Waals surface area (Å²) in [5.74, 6) is -0.264. The van der Waals surface area contributed by atoms with Crippen LogP contribution in [0.25, 0.3) is 0 Å². The van der Waals surface area contributed by atoms with Crippen molar-refractivity contribution in [2.75, 3.05) is 0 Å². The van der Waals surface area contributed by atoms with Crippen LogP contribution in [0.1, 0.15) is 15.9 Å². The maximum Gasteiger partial charge on any atom is 0.196 e. The smallest absolute Gasteiger partial charge is 0.196 e. The van der Waals surface area contributed by atoms with Crippen LogP contribution in [-0.2, 0) is 0 Å². The first kappa shape index (κ1) is 13.2. The van der Waals surface area contributed by atoms with Gasteiger partial charge >= 0.3 is 0 Å². The zero-order valence-electron chi connectivity index (χ0n) is 8.14. The molecule has 0 fully saturated rings. The van der Waals surface area contributed by atoms with Gasteiger partial charge in [0, 0.05) is 10.9 Å². The number of carbonyl (C=O) groups is 1. The average Bonchev–Trinajstić information content (AvgIpc) is 2.79. The first-order chi connectivity index (χ1) is 8.02. The van der Waals surface area contributed by atoms with Crippen molar-refractivity contribution in [2.24, 2.45) is 0 Å². The predicted octanol–water partition coefficient (Wildman–Crippen LogP) is 5.59. The van der Waals surface area contributed by atoms with Crippen molar-refractivity contribution in [1.29, 1.82) is 0 Å². The minimum atomic E-state index is -0.264. The predicted molar refractivity (Wildman–Crippen MR) is 74.2 cm³/mol. The van der Waals surface area contributed by atoms with Gasteiger partial charge in [-0.3, -0.25) is 4.79 Å². The second-order valence-corrected chi connectivity index (χ2v) is 5.53. The van der Waals surface area contributed by atoms with Crippen LogP contribution in [0.2, 0.25) is 20.1 Å². The SMILES string of the molecule is O=C(c1ccsc1)c1c(Cl)cc(Cl)c(Cl)c1Cl. The molecule has 2 rings (SSSR count). The summed E-state index contributed by atoms with van der Waals surface area (Å²) in [6, 6.07) is 3.11. The molecule has 0 amide bonds. The Hall–Kier alpha value is -0.250. The molecule has 1 aromatic carbocycles. The standard InChI is InChI=1S/C11H4Cl4OS/c12-6-3-7(13)9(14)10(15)8(6)11(16)5-1-2-17-4-5/h1-4H. The molecular formula is C11H4Cl4OS. The molecule has 0 aliphatic rings. The van der Waals surface area contributed by atoms with Gasteiger partial charge in [0.05, 0.1) is 25.7 Å². The summed E-state index contributed by atoms with van der Waals surface area (Å²) in [6.45, 7) is 0. The lowest BCUT2D eigenvalue weighted by atomic mass is 10.1. The Morgan fingerprint density at radius 3 is 2.35 bits per heavy atom. The van der Waals surface area contributed by atoms with E-state index in [0.29, 0.717) is 5.56 Å². The maximum absolute atomic E-state index is 12.1. The maximum atomic E-state index is 12.1. The minimum Gasteiger partial charge on any atom is -0.288 e. The van der Waals surface area contributed by atoms with E-state index in [-0.39, 0.29) is 31.4 Å². The van der Waals surface area contributed by atoms with Crippen molar-refractivity contribution >= 4 is 63.5 Å². The molecule has 6 heteroatoms. The van der Waals surface area contributed by atoms with E-state index in [4.69, 9.17) is 46.4 Å². The summed E-state index contributed by atoms with van der Waals surface area (Å²) in [4.78, 5) is 12.1. The summed E-state index contributed by atoms with van der Waals surface area (Å²) < 4.78 is 0. The van der Waals surface area contributed by atoms with Crippen molar-refractivity contribution in [2.45, 2.75) is 0 Å². The van der Waals surface area contributed by atoms with Crippen LogP contribution in [0.3, 0.4) is 0 Å². The second kappa shape index (κ2) is 5.17. The van der Waals surface area contributed by atoms with Crippen molar-refractivity contribution in [3.8, 4) is 0 Å². The molecule has 17 heavy (non-hydrogen) atoms. The quantitative estimate of drug-likeness (QED) is 0.399. The van der Waals surface area contributed by atoms with Gasteiger partial charge in [0.25, 0.3) is 0 Å². The lowest BCUT2D eigenvalue weighted by Crippen LogP contribution is -2.02. The second-order valence-electron chi connectivity index (χ2n) is 3.18. The molecule has 0 spiro atoms. The van der Waals surface area contributed by atoms with Gasteiger partial charge in [-0.15, -0.1) is 0 Å². The normalized spacial score (nSPS) is 10.6. The molecule has 1 aromatic heterocycles. The molecule has 1 nitrogen and oxygen atoms in total. The lowest BCUT2D eigenvalue weighted by Gasteiger charge is -2.08. The number of thiophene rings is 1. The van der Waals surface area contributed by atoms with Gasteiger partial charge in [0.15, 0.2) is 5.78 Å². The summed E-state index contributed by atoms with van der Waals surface area (Å²) in [5, 5.41) is 4.16. The van der Waals surface area contributed by atoms with Crippen LogP contribution in [0.15, 0.2) is 22.9 Å². The van der Waals surface area contributed by atoms with Crippen LogP contribution >= 0.6 is 57.7 Å². The molecule has 0 N–H and O–H groups in total. The van der Waals surface area contributed by atoms with Gasteiger partial charge in [-0.2, -0.15) is 11.3 Å². The first-order valence-electron chi connectivity index (χ1n) is 4.42. The number of hydrogen-bond donors (Lipinski definition) is 0. The van der Waals surface area contributed by atoms with E-state index in [1.165, 1.54) is 17.4 Å². The highest BCUT2D eigenvalue weighted by Gasteiger charge is 2.21. The molecule has 0 aliphatic heterocycles. The monoisotopic (exact) mass is 324 g/mol. The fourth-order valence-corrected chi connectivity index (χ4v) is 3.03. The summed E-state index contributed by atoms with van der Waals surface area (Å²) in [7, 11) is 0. The Morgan fingerprint density at radius 2 is 1.76 bits per heavy atom. The zero-order valence-corrected chi connectivity index (χ0v) is 12.0. The third-order valence-corrected chi connectivity index (χ3v) is 4.37. The van der Waals surface area contributed by atoms with Crippen LogP contribution in [0, 0.1) is 0 Å². The third-order valence-electron chi connectivity index (χ3n) is 2.12. The third kappa shape index (κ3) is 2.47. The van der Waals surface area contributed by atoms with Gasteiger partial charge in [-0.05, 0) is 17.5 Å². The van der Waals surface area contributed by atoms with Gasteiger partial charge < -0.3 is 0 Å².